The molecule has 7 heteroatoms. The number of hydrazine groups is 1. The van der Waals surface area contributed by atoms with E-state index in [1.54, 1.807) is 25.6 Å². The van der Waals surface area contributed by atoms with Gasteiger partial charge in [0.25, 0.3) is 0 Å². The molecule has 1 amide bonds. The van der Waals surface area contributed by atoms with Crippen molar-refractivity contribution in [1.29, 1.82) is 0 Å². The fraction of sp³-hybridized carbons (Fsp3) is 0.235. The summed E-state index contributed by atoms with van der Waals surface area (Å²) in [6, 6.07) is 10.6. The number of rotatable bonds is 6. The van der Waals surface area contributed by atoms with Crippen molar-refractivity contribution in [3.05, 3.63) is 53.3 Å². The minimum Gasteiger partial charge on any atom is -0.493 e. The Morgan fingerprint density at radius 1 is 1.25 bits per heavy atom. The number of anilines is 1. The van der Waals surface area contributed by atoms with Crippen LogP contribution in [0.25, 0.3) is 0 Å². The van der Waals surface area contributed by atoms with Gasteiger partial charge in [-0.15, -0.1) is 0 Å². The van der Waals surface area contributed by atoms with E-state index in [0.29, 0.717) is 23.5 Å². The standard InChI is InChI=1S/C16H18FNO2.CH4N2O/c1-11-6-4-7-13(17)12(11)10-20-16-14(18-2)8-5-9-15(16)19-3;2-3-1-4/h4-9,18H,10H2,1-3H3;1H,2H2,(H,3,4). The molecule has 0 saturated heterocycles. The maximum atomic E-state index is 13.8. The van der Waals surface area contributed by atoms with Crippen LogP contribution in [0.5, 0.6) is 11.5 Å². The molecule has 130 valence electrons. The topological polar surface area (TPSA) is 85.6 Å². The SMILES string of the molecule is CNc1cccc(OC)c1OCc1c(C)cccc1F.NNC=O. The van der Waals surface area contributed by atoms with Crippen LogP contribution in [0.1, 0.15) is 11.1 Å². The molecule has 0 fully saturated rings. The second-order valence-electron chi connectivity index (χ2n) is 4.70. The number of hydrogen-bond donors (Lipinski definition) is 3. The Morgan fingerprint density at radius 3 is 2.46 bits per heavy atom. The van der Waals surface area contributed by atoms with E-state index in [1.807, 2.05) is 31.2 Å². The van der Waals surface area contributed by atoms with Crippen LogP contribution in [-0.4, -0.2) is 20.6 Å². The van der Waals surface area contributed by atoms with Crippen LogP contribution < -0.4 is 26.1 Å². The van der Waals surface area contributed by atoms with Crippen LogP contribution in [-0.2, 0) is 11.4 Å². The lowest BCUT2D eigenvalue weighted by atomic mass is 10.1. The molecule has 2 aromatic rings. The Bertz CT molecular complexity index is 623. The summed E-state index contributed by atoms with van der Waals surface area (Å²) in [5.74, 6) is 5.35. The first-order valence-electron chi connectivity index (χ1n) is 7.20. The normalized spacial score (nSPS) is 9.38. The Kier molecular flexibility index (Phi) is 8.07. The summed E-state index contributed by atoms with van der Waals surface area (Å²) in [5.41, 5.74) is 3.98. The number of methoxy groups -OCH3 is 1. The van der Waals surface area contributed by atoms with Gasteiger partial charge >= 0.3 is 0 Å². The maximum Gasteiger partial charge on any atom is 0.221 e. The first kappa shape index (κ1) is 19.2. The van der Waals surface area contributed by atoms with Gasteiger partial charge in [0.2, 0.25) is 6.41 Å². The van der Waals surface area contributed by atoms with Gasteiger partial charge < -0.3 is 14.8 Å². The molecule has 0 unspecified atom stereocenters. The first-order chi connectivity index (χ1) is 11.6. The van der Waals surface area contributed by atoms with E-state index >= 15 is 0 Å². The van der Waals surface area contributed by atoms with Crippen molar-refractivity contribution in [2.24, 2.45) is 5.84 Å². The quantitative estimate of drug-likeness (QED) is 0.327. The van der Waals surface area contributed by atoms with Gasteiger partial charge in [0.1, 0.15) is 12.4 Å². The average Bonchev–Trinajstić information content (AvgIpc) is 2.61. The largest absolute Gasteiger partial charge is 0.493 e. The predicted octanol–water partition coefficient (Wildman–Crippen LogP) is 2.37. The molecule has 0 atom stereocenters. The zero-order valence-electron chi connectivity index (χ0n) is 13.9. The monoisotopic (exact) mass is 335 g/mol. The van der Waals surface area contributed by atoms with Gasteiger partial charge in [-0.05, 0) is 30.7 Å². The lowest BCUT2D eigenvalue weighted by Crippen LogP contribution is -2.18. The molecule has 0 spiro atoms. The summed E-state index contributed by atoms with van der Waals surface area (Å²) in [7, 11) is 3.38. The summed E-state index contributed by atoms with van der Waals surface area (Å²) in [6.45, 7) is 2.02. The zero-order chi connectivity index (χ0) is 17.9. The highest BCUT2D eigenvalue weighted by Gasteiger charge is 2.12. The molecule has 24 heavy (non-hydrogen) atoms. The molecular formula is C17H22FN3O3. The molecule has 4 N–H and O–H groups in total. The molecule has 2 aromatic carbocycles. The van der Waals surface area contributed by atoms with Crippen LogP contribution in [0.4, 0.5) is 10.1 Å². The Balaban J connectivity index is 0.000000648. The molecule has 2 rings (SSSR count). The van der Waals surface area contributed by atoms with E-state index < -0.39 is 0 Å². The van der Waals surface area contributed by atoms with Gasteiger partial charge in [0.05, 0.1) is 12.8 Å². The summed E-state index contributed by atoms with van der Waals surface area (Å²) >= 11 is 0. The van der Waals surface area contributed by atoms with Gasteiger partial charge in [-0.2, -0.15) is 0 Å². The van der Waals surface area contributed by atoms with E-state index in [9.17, 15) is 4.39 Å². The molecule has 0 aromatic heterocycles. The molecule has 0 aliphatic carbocycles. The highest BCUT2D eigenvalue weighted by atomic mass is 19.1. The number of ether oxygens (including phenoxy) is 2. The number of carbonyl (C=O) groups excluding carboxylic acids is 1. The van der Waals surface area contributed by atoms with E-state index in [2.05, 4.69) is 11.2 Å². The van der Waals surface area contributed by atoms with Crippen LogP contribution >= 0.6 is 0 Å². The summed E-state index contributed by atoms with van der Waals surface area (Å²) in [5, 5.41) is 3.04. The lowest BCUT2D eigenvalue weighted by molar-refractivity contribution is -0.109. The number of amides is 1. The van der Waals surface area contributed by atoms with Crippen molar-refractivity contribution in [3.63, 3.8) is 0 Å². The molecule has 0 radical (unpaired) electrons. The molecule has 0 saturated carbocycles. The molecule has 0 aliphatic heterocycles. The van der Waals surface area contributed by atoms with E-state index in [-0.39, 0.29) is 12.4 Å². The fourth-order valence-corrected chi connectivity index (χ4v) is 2.02. The minimum atomic E-state index is -0.258. The van der Waals surface area contributed by atoms with Crippen molar-refractivity contribution in [1.82, 2.24) is 5.43 Å². The predicted molar refractivity (Wildman–Crippen MR) is 91.4 cm³/mol. The third-order valence-corrected chi connectivity index (χ3v) is 3.25. The molecule has 0 bridgehead atoms. The first-order valence-corrected chi connectivity index (χ1v) is 7.20. The number of para-hydroxylation sites is 1. The number of carbonyl (C=O) groups is 1. The molecule has 6 nitrogen and oxygen atoms in total. The number of nitrogens with one attached hydrogen (secondary N) is 2. The van der Waals surface area contributed by atoms with Crippen molar-refractivity contribution in [3.8, 4) is 11.5 Å². The number of halogens is 1. The fourth-order valence-electron chi connectivity index (χ4n) is 2.02. The van der Waals surface area contributed by atoms with Crippen molar-refractivity contribution >= 4 is 12.1 Å². The van der Waals surface area contributed by atoms with Gasteiger partial charge in [-0.25, -0.2) is 10.2 Å². The summed E-state index contributed by atoms with van der Waals surface area (Å²) in [4.78, 5) is 8.94. The Hall–Kier alpha value is -2.80. The van der Waals surface area contributed by atoms with Crippen LogP contribution in [0, 0.1) is 12.7 Å². The summed E-state index contributed by atoms with van der Waals surface area (Å²) < 4.78 is 24.8. The van der Waals surface area contributed by atoms with Crippen LogP contribution in [0.15, 0.2) is 36.4 Å². The summed E-state index contributed by atoms with van der Waals surface area (Å²) in [6.07, 6.45) is 0.403. The van der Waals surface area contributed by atoms with Gasteiger partial charge in [0.15, 0.2) is 11.5 Å². The van der Waals surface area contributed by atoms with Crippen molar-refractivity contribution in [2.75, 3.05) is 19.5 Å². The number of benzene rings is 2. The maximum absolute atomic E-state index is 13.8. The third kappa shape index (κ3) is 5.13. The second kappa shape index (κ2) is 10.1. The van der Waals surface area contributed by atoms with Gasteiger partial charge in [0, 0.05) is 12.6 Å². The van der Waals surface area contributed by atoms with E-state index in [4.69, 9.17) is 14.3 Å². The van der Waals surface area contributed by atoms with E-state index in [1.165, 1.54) is 6.07 Å². The third-order valence-electron chi connectivity index (χ3n) is 3.25. The Labute approximate surface area is 140 Å². The smallest absolute Gasteiger partial charge is 0.221 e. The highest BCUT2D eigenvalue weighted by molar-refractivity contribution is 5.62. The molecule has 0 aliphatic rings. The van der Waals surface area contributed by atoms with Gasteiger partial charge in [-0.3, -0.25) is 10.2 Å². The van der Waals surface area contributed by atoms with Crippen LogP contribution in [0.2, 0.25) is 0 Å². The Morgan fingerprint density at radius 2 is 1.92 bits per heavy atom. The molecule has 0 heterocycles. The zero-order valence-corrected chi connectivity index (χ0v) is 13.9. The van der Waals surface area contributed by atoms with E-state index in [0.717, 1.165) is 11.3 Å². The molecular weight excluding hydrogens is 313 g/mol. The van der Waals surface area contributed by atoms with Crippen molar-refractivity contribution in [2.45, 2.75) is 13.5 Å². The lowest BCUT2D eigenvalue weighted by Gasteiger charge is -2.15. The van der Waals surface area contributed by atoms with Gasteiger partial charge in [-0.1, -0.05) is 18.2 Å². The minimum absolute atomic E-state index is 0.160. The number of aryl methyl sites for hydroxylation is 1. The number of hydrogen-bond acceptors (Lipinski definition) is 5. The number of nitrogens with two attached hydrogens (primary N) is 1. The van der Waals surface area contributed by atoms with Crippen LogP contribution in [0.3, 0.4) is 0 Å². The van der Waals surface area contributed by atoms with Crippen molar-refractivity contribution < 1.29 is 18.7 Å². The average molecular weight is 335 g/mol. The second-order valence-corrected chi connectivity index (χ2v) is 4.70. The highest BCUT2D eigenvalue weighted by Crippen LogP contribution is 2.35.